The topological polar surface area (TPSA) is 35.5 Å². The van der Waals surface area contributed by atoms with E-state index in [9.17, 15) is 4.46 Å². The van der Waals surface area contributed by atoms with Gasteiger partial charge in [-0.25, -0.2) is 0 Å². The molecular weight excluding hydrogens is 292 g/mol. The maximum Gasteiger partial charge on any atom is 0.325 e. The second kappa shape index (κ2) is 7.81. The zero-order valence-electron chi connectivity index (χ0n) is 12.6. The van der Waals surface area contributed by atoms with Crippen molar-refractivity contribution < 1.29 is 12.7 Å². The van der Waals surface area contributed by atoms with Crippen LogP contribution in [0.4, 0.5) is 0 Å². The van der Waals surface area contributed by atoms with Crippen molar-refractivity contribution in [2.24, 2.45) is 0 Å². The summed E-state index contributed by atoms with van der Waals surface area (Å²) in [4.78, 5) is 0. The van der Waals surface area contributed by atoms with Crippen molar-refractivity contribution in [1.82, 2.24) is 0 Å². The van der Waals surface area contributed by atoms with Gasteiger partial charge in [0.25, 0.3) is 8.68 Å². The van der Waals surface area contributed by atoms with Gasteiger partial charge in [0.1, 0.15) is 0 Å². The van der Waals surface area contributed by atoms with Gasteiger partial charge in [-0.3, -0.25) is 0 Å². The summed E-state index contributed by atoms with van der Waals surface area (Å²) in [6.45, 7) is 16.5. The minimum absolute atomic E-state index is 0.653. The molecule has 0 spiro atoms. The lowest BCUT2D eigenvalue weighted by atomic mass is 10.8. The van der Waals surface area contributed by atoms with Crippen LogP contribution in [-0.4, -0.2) is 34.6 Å². The summed E-state index contributed by atoms with van der Waals surface area (Å²) in [7, 11) is -6.47. The van der Waals surface area contributed by atoms with E-state index in [1.54, 1.807) is 0 Å². The van der Waals surface area contributed by atoms with Gasteiger partial charge in [0.2, 0.25) is 0 Å². The van der Waals surface area contributed by atoms with Gasteiger partial charge >= 0.3 is 8.56 Å². The summed E-state index contributed by atoms with van der Waals surface area (Å²) in [5.74, 6) is 0. The van der Waals surface area contributed by atoms with Gasteiger partial charge in [-0.15, -0.1) is 6.58 Å². The normalized spacial score (nSPS) is 15.5. The molecule has 0 aliphatic heterocycles. The van der Waals surface area contributed by atoms with Gasteiger partial charge in [-0.1, -0.05) is 13.0 Å². The molecule has 0 heterocycles. The Morgan fingerprint density at radius 3 is 2.17 bits per heavy atom. The monoisotopic (exact) mass is 319 g/mol. The van der Waals surface area contributed by atoms with E-state index in [2.05, 4.69) is 39.3 Å². The molecule has 0 aliphatic rings. The van der Waals surface area contributed by atoms with Crippen molar-refractivity contribution >= 4 is 34.6 Å². The Kier molecular flexibility index (Phi) is 7.95. The summed E-state index contributed by atoms with van der Waals surface area (Å²) in [5.41, 5.74) is 0.653. The van der Waals surface area contributed by atoms with E-state index >= 15 is 0 Å². The molecule has 18 heavy (non-hydrogen) atoms. The molecule has 1 unspecified atom stereocenters. The largest absolute Gasteiger partial charge is 0.436 e. The summed E-state index contributed by atoms with van der Waals surface area (Å²) in [6.07, 6.45) is 1.88. The highest BCUT2D eigenvalue weighted by atomic mass is 28.5. The lowest BCUT2D eigenvalue weighted by Crippen LogP contribution is -2.52. The summed E-state index contributed by atoms with van der Waals surface area (Å²) in [5, 5.41) is 0. The Hall–Kier alpha value is 0.328. The van der Waals surface area contributed by atoms with Crippen LogP contribution in [0.2, 0.25) is 50.5 Å². The fraction of sp³-hybridized carbons (Fsp3) is 0.818. The van der Waals surface area contributed by atoms with E-state index in [0.29, 0.717) is 5.67 Å². The van der Waals surface area contributed by atoms with Crippen LogP contribution in [0.5, 0.6) is 0 Å². The number of allylic oxidation sites excluding steroid dienone is 1. The Morgan fingerprint density at radius 1 is 1.28 bits per heavy atom. The first kappa shape index (κ1) is 18.3. The van der Waals surface area contributed by atoms with E-state index in [1.165, 1.54) is 0 Å². The fourth-order valence-corrected chi connectivity index (χ4v) is 16.8. The number of hydrogen-bond donors (Lipinski definition) is 0. The van der Waals surface area contributed by atoms with Crippen LogP contribution in [0, 0.1) is 0 Å². The van der Waals surface area contributed by atoms with Crippen LogP contribution in [-0.2, 0) is 12.7 Å². The van der Waals surface area contributed by atoms with Crippen LogP contribution < -0.4 is 0 Å². The van der Waals surface area contributed by atoms with Crippen molar-refractivity contribution in [3.05, 3.63) is 12.7 Å². The third kappa shape index (κ3) is 7.69. The molecule has 0 amide bonds. The maximum atomic E-state index is 12.0. The minimum Gasteiger partial charge on any atom is -0.436 e. The molecule has 0 aliphatic carbocycles. The highest BCUT2D eigenvalue weighted by molar-refractivity contribution is 6.89. The maximum absolute atomic E-state index is 12.0. The van der Waals surface area contributed by atoms with Crippen molar-refractivity contribution in [3.63, 3.8) is 0 Å². The lowest BCUT2D eigenvalue weighted by molar-refractivity contribution is 0.393. The van der Waals surface area contributed by atoms with Crippen LogP contribution in [0.15, 0.2) is 12.7 Å². The van der Waals surface area contributed by atoms with E-state index in [-0.39, 0.29) is 0 Å². The minimum atomic E-state index is -2.36. The van der Waals surface area contributed by atoms with Gasteiger partial charge in [0.15, 0.2) is 17.4 Å². The van der Waals surface area contributed by atoms with Crippen molar-refractivity contribution in [2.75, 3.05) is 0 Å². The molecule has 0 rings (SSSR count). The molecule has 1 radical (unpaired) electrons. The molecule has 3 nitrogen and oxygen atoms in total. The van der Waals surface area contributed by atoms with Crippen LogP contribution >= 0.6 is 0 Å². The average molecular weight is 320 g/mol. The predicted molar refractivity (Wildman–Crippen MR) is 85.5 cm³/mol. The first-order valence-electron chi connectivity index (χ1n) is 6.46. The molecule has 0 bridgehead atoms. The number of rotatable bonds is 9. The molecule has 0 saturated heterocycles. The predicted octanol–water partition coefficient (Wildman–Crippen LogP) is 3.71. The van der Waals surface area contributed by atoms with Gasteiger partial charge in [0.05, 0.1) is 0 Å². The van der Waals surface area contributed by atoms with E-state index < -0.39 is 34.6 Å². The highest BCUT2D eigenvalue weighted by Gasteiger charge is 2.43. The van der Waals surface area contributed by atoms with Gasteiger partial charge < -0.3 is 12.7 Å². The van der Waals surface area contributed by atoms with E-state index in [4.69, 9.17) is 8.23 Å². The van der Waals surface area contributed by atoms with Gasteiger partial charge in [-0.2, -0.15) is 0 Å². The zero-order chi connectivity index (χ0) is 14.4. The average Bonchev–Trinajstić information content (AvgIpc) is 2.13. The standard InChI is InChI=1S/C11H27O3Si4/c1-8-10-18(13-15(3)4,11-16(12)9-2)14-17(5,6)7/h8H,1,9-11H2,2-7H3. The third-order valence-corrected chi connectivity index (χ3v) is 14.7. The summed E-state index contributed by atoms with van der Waals surface area (Å²) >= 11 is 0. The van der Waals surface area contributed by atoms with Crippen LogP contribution in [0.3, 0.4) is 0 Å². The molecular formula is C11H27O3Si4. The molecule has 0 aromatic carbocycles. The molecule has 0 aromatic rings. The fourth-order valence-electron chi connectivity index (χ4n) is 1.82. The molecule has 105 valence electrons. The summed E-state index contributed by atoms with van der Waals surface area (Å²) in [6, 6.07) is 1.49. The molecule has 0 aromatic heterocycles. The SMILES string of the molecule is C=CC[Si](C[Si](=O)CC)(O[Si](C)C)O[Si](C)(C)C. The second-order valence-corrected chi connectivity index (χ2v) is 18.8. The first-order chi connectivity index (χ1) is 8.14. The Bertz CT molecular complexity index is 289. The lowest BCUT2D eigenvalue weighted by Gasteiger charge is -2.37. The highest BCUT2D eigenvalue weighted by Crippen LogP contribution is 2.26. The van der Waals surface area contributed by atoms with Crippen molar-refractivity contribution in [3.8, 4) is 0 Å². The van der Waals surface area contributed by atoms with Crippen LogP contribution in [0.1, 0.15) is 6.92 Å². The Balaban J connectivity index is 5.12. The molecule has 7 heteroatoms. The molecule has 1 atom stereocenters. The van der Waals surface area contributed by atoms with Crippen molar-refractivity contribution in [1.29, 1.82) is 0 Å². The molecule has 0 N–H and O–H groups in total. The molecule has 0 saturated carbocycles. The van der Waals surface area contributed by atoms with Crippen LogP contribution in [0.25, 0.3) is 0 Å². The number of hydrogen-bond acceptors (Lipinski definition) is 3. The summed E-state index contributed by atoms with van der Waals surface area (Å²) < 4.78 is 24.6. The quantitative estimate of drug-likeness (QED) is 0.480. The zero-order valence-corrected chi connectivity index (χ0v) is 16.6. The Labute approximate surface area is 117 Å². The van der Waals surface area contributed by atoms with Crippen molar-refractivity contribution in [2.45, 2.75) is 57.4 Å². The molecule has 0 fully saturated rings. The third-order valence-electron chi connectivity index (χ3n) is 2.20. The van der Waals surface area contributed by atoms with Gasteiger partial charge in [-0.05, 0) is 38.8 Å². The first-order valence-corrected chi connectivity index (χ1v) is 16.3. The van der Waals surface area contributed by atoms with Gasteiger partial charge in [0, 0.05) is 11.7 Å². The Morgan fingerprint density at radius 2 is 1.83 bits per heavy atom. The smallest absolute Gasteiger partial charge is 0.325 e. The van der Waals surface area contributed by atoms with E-state index in [0.717, 1.165) is 12.1 Å². The second-order valence-electron chi connectivity index (χ2n) is 5.70. The van der Waals surface area contributed by atoms with E-state index in [1.807, 2.05) is 13.0 Å².